The number of β-amino-alcohol motifs (C(OH)–C–C–N with tert-alkyl or cyclic N) is 1. The molecule has 8 heteroatoms. The van der Waals surface area contributed by atoms with Crippen molar-refractivity contribution in [2.45, 2.75) is 43.9 Å². The van der Waals surface area contributed by atoms with E-state index in [-0.39, 0.29) is 18.0 Å². The van der Waals surface area contributed by atoms with E-state index in [1.165, 1.54) is 12.1 Å². The van der Waals surface area contributed by atoms with Crippen molar-refractivity contribution >= 4 is 11.6 Å². The van der Waals surface area contributed by atoms with Gasteiger partial charge in [-0.2, -0.15) is 4.98 Å². The summed E-state index contributed by atoms with van der Waals surface area (Å²) in [7, 11) is 2.14. The van der Waals surface area contributed by atoms with Crippen LogP contribution in [0.15, 0.2) is 22.7 Å². The second-order valence-electron chi connectivity index (χ2n) is 7.60. The lowest BCUT2D eigenvalue weighted by Gasteiger charge is -2.37. The molecular weight excluding hydrogens is 371 g/mol. The zero-order valence-electron chi connectivity index (χ0n) is 15.3. The van der Waals surface area contributed by atoms with Gasteiger partial charge in [-0.25, -0.2) is 4.39 Å². The van der Waals surface area contributed by atoms with Crippen molar-refractivity contribution in [2.24, 2.45) is 0 Å². The minimum absolute atomic E-state index is 0.0571. The summed E-state index contributed by atoms with van der Waals surface area (Å²) < 4.78 is 18.7. The molecule has 0 unspecified atom stereocenters. The fourth-order valence-electron chi connectivity index (χ4n) is 4.12. The first-order valence-corrected chi connectivity index (χ1v) is 9.76. The number of hydrogen-bond donors (Lipinski definition) is 1. The predicted molar refractivity (Wildman–Crippen MR) is 99.1 cm³/mol. The van der Waals surface area contributed by atoms with E-state index in [1.54, 1.807) is 6.07 Å². The minimum atomic E-state index is -0.378. The third kappa shape index (κ3) is 4.16. The van der Waals surface area contributed by atoms with Gasteiger partial charge in [0.25, 0.3) is 0 Å². The van der Waals surface area contributed by atoms with Crippen LogP contribution in [0.4, 0.5) is 4.39 Å². The Hall–Kier alpha value is -1.54. The molecule has 0 aliphatic carbocycles. The summed E-state index contributed by atoms with van der Waals surface area (Å²) >= 11 is 6.10. The fourth-order valence-corrected chi connectivity index (χ4v) is 4.36. The topological polar surface area (TPSA) is 65.6 Å². The van der Waals surface area contributed by atoms with Crippen molar-refractivity contribution in [3.05, 3.63) is 46.3 Å². The minimum Gasteiger partial charge on any atom is -0.392 e. The molecule has 146 valence electrons. The molecule has 0 amide bonds. The smallest absolute Gasteiger partial charge is 0.244 e. The maximum absolute atomic E-state index is 13.2. The SMILES string of the molecule is CN1CCC(N2C[C@H](O)C[C@H]2c2nc(Cc3ccc(F)cc3Cl)no2)CC1. The van der Waals surface area contributed by atoms with Crippen molar-refractivity contribution in [1.29, 1.82) is 0 Å². The van der Waals surface area contributed by atoms with Crippen LogP contribution < -0.4 is 0 Å². The highest BCUT2D eigenvalue weighted by Crippen LogP contribution is 2.35. The molecule has 2 atom stereocenters. The van der Waals surface area contributed by atoms with Gasteiger partial charge >= 0.3 is 0 Å². The van der Waals surface area contributed by atoms with Crippen LogP contribution in [0.1, 0.15) is 42.6 Å². The number of benzene rings is 1. The Bertz CT molecular complexity index is 794. The lowest BCUT2D eigenvalue weighted by molar-refractivity contribution is 0.0880. The summed E-state index contributed by atoms with van der Waals surface area (Å²) in [5, 5.41) is 14.7. The van der Waals surface area contributed by atoms with Crippen LogP contribution in [0.25, 0.3) is 0 Å². The zero-order valence-corrected chi connectivity index (χ0v) is 16.1. The number of aliphatic hydroxyl groups excluding tert-OH is 1. The third-order valence-corrected chi connectivity index (χ3v) is 5.96. The Labute approximate surface area is 162 Å². The molecule has 0 spiro atoms. The number of nitrogens with zero attached hydrogens (tertiary/aromatic N) is 4. The highest BCUT2D eigenvalue weighted by atomic mass is 35.5. The van der Waals surface area contributed by atoms with E-state index in [9.17, 15) is 9.50 Å². The number of piperidine rings is 1. The van der Waals surface area contributed by atoms with Gasteiger partial charge in [-0.15, -0.1) is 0 Å². The zero-order chi connectivity index (χ0) is 19.0. The average Bonchev–Trinajstić information content (AvgIpc) is 3.24. The molecule has 2 aliphatic rings. The fraction of sp³-hybridized carbons (Fsp3) is 0.579. The molecular formula is C19H24ClFN4O2. The van der Waals surface area contributed by atoms with Gasteiger partial charge in [0.05, 0.1) is 12.1 Å². The van der Waals surface area contributed by atoms with Crippen LogP contribution >= 0.6 is 11.6 Å². The molecule has 27 heavy (non-hydrogen) atoms. The van der Waals surface area contributed by atoms with Gasteiger partial charge in [-0.1, -0.05) is 22.8 Å². The molecule has 1 N–H and O–H groups in total. The van der Waals surface area contributed by atoms with Crippen LogP contribution in [0.2, 0.25) is 5.02 Å². The molecule has 1 aromatic heterocycles. The normalized spacial score (nSPS) is 25.3. The lowest BCUT2D eigenvalue weighted by atomic mass is 10.0. The van der Waals surface area contributed by atoms with Gasteiger partial charge in [0, 0.05) is 24.0 Å². The second kappa shape index (κ2) is 7.83. The molecule has 2 fully saturated rings. The average molecular weight is 395 g/mol. The molecule has 0 bridgehead atoms. The van der Waals surface area contributed by atoms with Gasteiger partial charge < -0.3 is 14.5 Å². The van der Waals surface area contributed by atoms with E-state index in [0.717, 1.165) is 31.5 Å². The van der Waals surface area contributed by atoms with Crippen molar-refractivity contribution < 1.29 is 14.0 Å². The Balaban J connectivity index is 1.49. The maximum atomic E-state index is 13.2. The summed E-state index contributed by atoms with van der Waals surface area (Å²) in [5.41, 5.74) is 0.754. The van der Waals surface area contributed by atoms with E-state index in [2.05, 4.69) is 27.0 Å². The largest absolute Gasteiger partial charge is 0.392 e. The van der Waals surface area contributed by atoms with Gasteiger partial charge in [-0.05, 0) is 57.1 Å². The quantitative estimate of drug-likeness (QED) is 0.860. The molecule has 2 saturated heterocycles. The summed E-state index contributed by atoms with van der Waals surface area (Å²) in [5.74, 6) is 0.688. The summed E-state index contributed by atoms with van der Waals surface area (Å²) in [6, 6.07) is 4.66. The first-order valence-electron chi connectivity index (χ1n) is 9.38. The van der Waals surface area contributed by atoms with Gasteiger partial charge in [0.15, 0.2) is 5.82 Å². The van der Waals surface area contributed by atoms with E-state index in [0.29, 0.717) is 42.2 Å². The monoisotopic (exact) mass is 394 g/mol. The Kier molecular flexibility index (Phi) is 5.45. The number of aliphatic hydroxyl groups is 1. The molecule has 1 aromatic carbocycles. The molecule has 4 rings (SSSR count). The molecule has 0 saturated carbocycles. The number of likely N-dealkylation sites (tertiary alicyclic amines) is 2. The summed E-state index contributed by atoms with van der Waals surface area (Å²) in [6.07, 6.45) is 2.76. The standard InChI is InChI=1S/C19H24ClFN4O2/c1-24-6-4-14(5-7-24)25-11-15(26)10-17(25)19-22-18(23-27-19)8-12-2-3-13(21)9-16(12)20/h2-3,9,14-15,17,26H,4-8,10-11H2,1H3/t15-,17+/m1/s1. The second-order valence-corrected chi connectivity index (χ2v) is 8.01. The van der Waals surface area contributed by atoms with Gasteiger partial charge in [0.1, 0.15) is 5.82 Å². The van der Waals surface area contributed by atoms with Crippen molar-refractivity contribution in [3.8, 4) is 0 Å². The number of hydrogen-bond acceptors (Lipinski definition) is 6. The number of rotatable bonds is 4. The highest BCUT2D eigenvalue weighted by Gasteiger charge is 2.40. The van der Waals surface area contributed by atoms with E-state index in [1.807, 2.05) is 0 Å². The highest BCUT2D eigenvalue weighted by molar-refractivity contribution is 6.31. The number of halogens is 2. The van der Waals surface area contributed by atoms with Crippen molar-refractivity contribution in [1.82, 2.24) is 19.9 Å². The van der Waals surface area contributed by atoms with Crippen LogP contribution in [0.3, 0.4) is 0 Å². The van der Waals surface area contributed by atoms with Crippen LogP contribution in [0.5, 0.6) is 0 Å². The molecule has 2 aromatic rings. The summed E-state index contributed by atoms with van der Waals surface area (Å²) in [6.45, 7) is 2.75. The molecule has 0 radical (unpaired) electrons. The Morgan fingerprint density at radius 1 is 1.33 bits per heavy atom. The van der Waals surface area contributed by atoms with Gasteiger partial charge in [-0.3, -0.25) is 4.90 Å². The lowest BCUT2D eigenvalue weighted by Crippen LogP contribution is -2.43. The van der Waals surface area contributed by atoms with E-state index >= 15 is 0 Å². The first kappa shape index (κ1) is 18.8. The van der Waals surface area contributed by atoms with Gasteiger partial charge in [0.2, 0.25) is 5.89 Å². The van der Waals surface area contributed by atoms with Crippen LogP contribution in [-0.2, 0) is 6.42 Å². The molecule has 3 heterocycles. The Morgan fingerprint density at radius 2 is 2.11 bits per heavy atom. The van der Waals surface area contributed by atoms with Crippen molar-refractivity contribution in [3.63, 3.8) is 0 Å². The molecule has 6 nitrogen and oxygen atoms in total. The first-order chi connectivity index (χ1) is 13.0. The number of aromatic nitrogens is 2. The Morgan fingerprint density at radius 3 is 2.85 bits per heavy atom. The van der Waals surface area contributed by atoms with Crippen LogP contribution in [-0.4, -0.2) is 63.9 Å². The predicted octanol–water partition coefficient (Wildman–Crippen LogP) is 2.65. The third-order valence-electron chi connectivity index (χ3n) is 5.61. The van der Waals surface area contributed by atoms with Crippen LogP contribution in [0, 0.1) is 5.82 Å². The van der Waals surface area contributed by atoms with E-state index in [4.69, 9.17) is 16.1 Å². The maximum Gasteiger partial charge on any atom is 0.244 e. The van der Waals surface area contributed by atoms with E-state index < -0.39 is 0 Å². The molecule has 2 aliphatic heterocycles. The summed E-state index contributed by atoms with van der Waals surface area (Å²) in [4.78, 5) is 9.20. The van der Waals surface area contributed by atoms with Crippen molar-refractivity contribution in [2.75, 3.05) is 26.7 Å².